The Morgan fingerprint density at radius 2 is 1.89 bits per heavy atom. The minimum atomic E-state index is -1.60. The maximum atomic E-state index is 12.5. The third kappa shape index (κ3) is 2.38. The van der Waals surface area contributed by atoms with Crippen LogP contribution in [0.3, 0.4) is 0 Å². The van der Waals surface area contributed by atoms with E-state index in [1.54, 1.807) is 24.0 Å². The van der Waals surface area contributed by atoms with E-state index in [4.69, 9.17) is 0 Å². The molecule has 4 heteroatoms. The van der Waals surface area contributed by atoms with E-state index in [1.807, 2.05) is 26.0 Å². The predicted molar refractivity (Wildman–Crippen MR) is 73.8 cm³/mol. The number of anilines is 1. The van der Waals surface area contributed by atoms with Crippen molar-refractivity contribution >= 4 is 11.6 Å². The van der Waals surface area contributed by atoms with Crippen LogP contribution >= 0.6 is 0 Å². The van der Waals surface area contributed by atoms with Crippen molar-refractivity contribution in [3.8, 4) is 0 Å². The molecule has 0 aromatic heterocycles. The molecule has 0 fully saturated rings. The van der Waals surface area contributed by atoms with E-state index >= 15 is 0 Å². The van der Waals surface area contributed by atoms with Gasteiger partial charge in [0.2, 0.25) is 0 Å². The molecule has 0 saturated carbocycles. The number of hydrogen-bond acceptors (Lipinski definition) is 3. The third-order valence-corrected chi connectivity index (χ3v) is 3.38. The van der Waals surface area contributed by atoms with Crippen molar-refractivity contribution in [2.75, 3.05) is 11.4 Å². The lowest BCUT2D eigenvalue weighted by molar-refractivity contribution is -0.139. The Morgan fingerprint density at radius 1 is 1.26 bits per heavy atom. The zero-order chi connectivity index (χ0) is 14.2. The summed E-state index contributed by atoms with van der Waals surface area (Å²) in [6.45, 7) is 6.21. The summed E-state index contributed by atoms with van der Waals surface area (Å²) < 4.78 is 0. The number of carbonyl (C=O) groups excluding carboxylic acids is 1. The van der Waals surface area contributed by atoms with Gasteiger partial charge in [0.05, 0.1) is 11.8 Å². The summed E-state index contributed by atoms with van der Waals surface area (Å²) in [7, 11) is 0. The first-order chi connectivity index (χ1) is 8.86. The molecular formula is C15H21NO3. The van der Waals surface area contributed by atoms with Crippen molar-refractivity contribution in [1.82, 2.24) is 0 Å². The topological polar surface area (TPSA) is 60.8 Å². The minimum Gasteiger partial charge on any atom is -0.393 e. The number of fused-ring (bicyclic) bond motifs is 1. The van der Waals surface area contributed by atoms with Crippen LogP contribution in [0.25, 0.3) is 0 Å². The fourth-order valence-corrected chi connectivity index (χ4v) is 2.68. The van der Waals surface area contributed by atoms with Crippen molar-refractivity contribution in [2.45, 2.75) is 38.9 Å². The van der Waals surface area contributed by atoms with Gasteiger partial charge >= 0.3 is 0 Å². The number of para-hydroxylation sites is 1. The molecule has 2 rings (SSSR count). The van der Waals surface area contributed by atoms with Crippen LogP contribution in [-0.2, 0) is 10.4 Å². The largest absolute Gasteiger partial charge is 0.393 e. The molecular weight excluding hydrogens is 242 g/mol. The summed E-state index contributed by atoms with van der Waals surface area (Å²) in [6.07, 6.45) is -0.710. The summed E-state index contributed by atoms with van der Waals surface area (Å²) in [5.74, 6) is -0.0193. The maximum Gasteiger partial charge on any atom is 0.263 e. The van der Waals surface area contributed by atoms with Crippen molar-refractivity contribution in [3.63, 3.8) is 0 Å². The fraction of sp³-hybridized carbons (Fsp3) is 0.533. The molecule has 19 heavy (non-hydrogen) atoms. The van der Waals surface area contributed by atoms with Crippen LogP contribution in [0.4, 0.5) is 5.69 Å². The standard InChI is InChI=1S/C15H21NO3/c1-10(2)9-16-13-7-5-4-6-12(13)15(19,14(16)18)8-11(3)17/h4-7,10-11,17,19H,8-9H2,1-3H3/t11-,15-/m1/s1. The number of aliphatic hydroxyl groups excluding tert-OH is 1. The van der Waals surface area contributed by atoms with Crippen molar-refractivity contribution in [1.29, 1.82) is 0 Å². The smallest absolute Gasteiger partial charge is 0.263 e. The lowest BCUT2D eigenvalue weighted by Crippen LogP contribution is -2.43. The highest BCUT2D eigenvalue weighted by Gasteiger charge is 2.49. The molecule has 104 valence electrons. The van der Waals surface area contributed by atoms with E-state index in [1.165, 1.54) is 0 Å². The van der Waals surface area contributed by atoms with Gasteiger partial charge in [-0.25, -0.2) is 0 Å². The number of nitrogens with zero attached hydrogens (tertiary/aromatic N) is 1. The van der Waals surface area contributed by atoms with E-state index < -0.39 is 11.7 Å². The Bertz CT molecular complexity index is 484. The quantitative estimate of drug-likeness (QED) is 0.868. The van der Waals surface area contributed by atoms with E-state index in [0.29, 0.717) is 18.0 Å². The molecule has 0 saturated heterocycles. The predicted octanol–water partition coefficient (Wildman–Crippen LogP) is 1.65. The first kappa shape index (κ1) is 14.0. The van der Waals surface area contributed by atoms with E-state index in [0.717, 1.165) is 5.69 Å². The SMILES string of the molecule is CC(C)CN1C(=O)[C@@](O)(C[C@@H](C)O)c2ccccc21. The Morgan fingerprint density at radius 3 is 2.47 bits per heavy atom. The molecule has 0 aliphatic carbocycles. The Hall–Kier alpha value is -1.39. The monoisotopic (exact) mass is 263 g/mol. The highest BCUT2D eigenvalue weighted by atomic mass is 16.3. The van der Waals surface area contributed by atoms with Gasteiger partial charge in [0, 0.05) is 18.5 Å². The molecule has 1 aromatic carbocycles. The highest BCUT2D eigenvalue weighted by Crippen LogP contribution is 2.43. The molecule has 1 heterocycles. The number of carbonyl (C=O) groups is 1. The normalized spacial score (nSPS) is 23.9. The van der Waals surface area contributed by atoms with Crippen molar-refractivity contribution in [2.24, 2.45) is 5.92 Å². The summed E-state index contributed by atoms with van der Waals surface area (Å²) in [6, 6.07) is 7.26. The Labute approximate surface area is 113 Å². The number of aliphatic hydroxyl groups is 2. The van der Waals surface area contributed by atoms with Gasteiger partial charge < -0.3 is 15.1 Å². The lowest BCUT2D eigenvalue weighted by atomic mass is 9.90. The molecule has 0 radical (unpaired) electrons. The van der Waals surface area contributed by atoms with E-state index in [-0.39, 0.29) is 12.3 Å². The minimum absolute atomic E-state index is 0.0252. The van der Waals surface area contributed by atoms with Crippen molar-refractivity contribution in [3.05, 3.63) is 29.8 Å². The van der Waals surface area contributed by atoms with Crippen LogP contribution in [-0.4, -0.2) is 28.8 Å². The van der Waals surface area contributed by atoms with Crippen molar-refractivity contribution < 1.29 is 15.0 Å². The van der Waals surface area contributed by atoms with Crippen LogP contribution < -0.4 is 4.90 Å². The summed E-state index contributed by atoms with van der Waals surface area (Å²) in [4.78, 5) is 14.1. The zero-order valence-corrected chi connectivity index (χ0v) is 11.6. The third-order valence-electron chi connectivity index (χ3n) is 3.38. The molecule has 1 aromatic rings. The van der Waals surface area contributed by atoms with Gasteiger partial charge in [-0.2, -0.15) is 0 Å². The number of benzene rings is 1. The van der Waals surface area contributed by atoms with Gasteiger partial charge in [-0.3, -0.25) is 4.79 Å². The number of amides is 1. The first-order valence-corrected chi connectivity index (χ1v) is 6.68. The first-order valence-electron chi connectivity index (χ1n) is 6.68. The summed E-state index contributed by atoms with van der Waals surface area (Å²) >= 11 is 0. The van der Waals surface area contributed by atoms with Crippen LogP contribution in [0.1, 0.15) is 32.8 Å². The van der Waals surface area contributed by atoms with Crippen LogP contribution in [0.15, 0.2) is 24.3 Å². The highest BCUT2D eigenvalue weighted by molar-refractivity contribution is 6.06. The molecule has 0 bridgehead atoms. The van der Waals surface area contributed by atoms with Gasteiger partial charge in [0.15, 0.2) is 5.60 Å². The average Bonchev–Trinajstić information content (AvgIpc) is 2.51. The van der Waals surface area contributed by atoms with Gasteiger partial charge in [0.1, 0.15) is 0 Å². The molecule has 0 unspecified atom stereocenters. The molecule has 1 aliphatic rings. The lowest BCUT2D eigenvalue weighted by Gasteiger charge is -2.25. The van der Waals surface area contributed by atoms with Crippen LogP contribution in [0, 0.1) is 5.92 Å². The Kier molecular flexibility index (Phi) is 3.65. The summed E-state index contributed by atoms with van der Waals surface area (Å²) in [5, 5.41) is 20.3. The second kappa shape index (κ2) is 4.94. The molecule has 2 atom stereocenters. The number of rotatable bonds is 4. The van der Waals surface area contributed by atoms with E-state index in [9.17, 15) is 15.0 Å². The van der Waals surface area contributed by atoms with E-state index in [2.05, 4.69) is 0 Å². The van der Waals surface area contributed by atoms with Crippen LogP contribution in [0.2, 0.25) is 0 Å². The molecule has 1 amide bonds. The molecule has 2 N–H and O–H groups in total. The maximum absolute atomic E-state index is 12.5. The molecule has 0 spiro atoms. The van der Waals surface area contributed by atoms with Gasteiger partial charge in [0.25, 0.3) is 5.91 Å². The van der Waals surface area contributed by atoms with Gasteiger partial charge in [-0.15, -0.1) is 0 Å². The summed E-state index contributed by atoms with van der Waals surface area (Å²) in [5.41, 5.74) is -0.245. The molecule has 1 aliphatic heterocycles. The Balaban J connectivity index is 2.46. The second-order valence-electron chi connectivity index (χ2n) is 5.74. The molecule has 4 nitrogen and oxygen atoms in total. The fourth-order valence-electron chi connectivity index (χ4n) is 2.68. The van der Waals surface area contributed by atoms with Crippen LogP contribution in [0.5, 0.6) is 0 Å². The average molecular weight is 263 g/mol. The van der Waals surface area contributed by atoms with Gasteiger partial charge in [-0.05, 0) is 18.9 Å². The number of hydrogen-bond donors (Lipinski definition) is 2. The van der Waals surface area contributed by atoms with Gasteiger partial charge in [-0.1, -0.05) is 32.0 Å². The zero-order valence-electron chi connectivity index (χ0n) is 11.6. The second-order valence-corrected chi connectivity index (χ2v) is 5.74.